The van der Waals surface area contributed by atoms with Gasteiger partial charge in [0.25, 0.3) is 0 Å². The van der Waals surface area contributed by atoms with Crippen LogP contribution < -0.4 is 0 Å². The highest BCUT2D eigenvalue weighted by molar-refractivity contribution is 14.1. The third-order valence-electron chi connectivity index (χ3n) is 1.56. The van der Waals surface area contributed by atoms with Crippen LogP contribution in [0.2, 0.25) is 5.02 Å². The molecule has 1 rings (SSSR count). The van der Waals surface area contributed by atoms with Gasteiger partial charge in [0.05, 0.1) is 0 Å². The van der Waals surface area contributed by atoms with Gasteiger partial charge >= 0.3 is 0 Å². The lowest BCUT2D eigenvalue weighted by Gasteiger charge is -2.02. The van der Waals surface area contributed by atoms with Crippen molar-refractivity contribution in [3.05, 3.63) is 36.3 Å². The van der Waals surface area contributed by atoms with E-state index in [2.05, 4.69) is 38.5 Å². The van der Waals surface area contributed by atoms with E-state index in [1.54, 1.807) is 24.3 Å². The van der Waals surface area contributed by atoms with Crippen molar-refractivity contribution < 1.29 is 0 Å². The zero-order valence-electron chi connectivity index (χ0n) is 7.26. The van der Waals surface area contributed by atoms with Crippen LogP contribution in [0.4, 0.5) is 0 Å². The quantitative estimate of drug-likeness (QED) is 0.409. The largest absolute Gasteiger partial charge is 0.192 e. The van der Waals surface area contributed by atoms with Crippen LogP contribution in [-0.4, -0.2) is 0 Å². The Morgan fingerprint density at radius 1 is 1.40 bits per heavy atom. The molecule has 0 saturated carbocycles. The molecule has 0 aliphatic heterocycles. The van der Waals surface area contributed by atoms with Crippen LogP contribution in [0, 0.1) is 26.2 Å². The van der Waals surface area contributed by atoms with E-state index in [1.165, 1.54) is 6.08 Å². The Bertz CT molecular complexity index is 495. The molecule has 2 nitrogen and oxygen atoms in total. The summed E-state index contributed by atoms with van der Waals surface area (Å²) < 4.78 is 1.76. The van der Waals surface area contributed by atoms with Gasteiger partial charge < -0.3 is 0 Å². The highest BCUT2D eigenvalue weighted by Gasteiger charge is 2.05. The Morgan fingerprint density at radius 2 is 2.00 bits per heavy atom. The zero-order chi connectivity index (χ0) is 11.4. The van der Waals surface area contributed by atoms with Crippen molar-refractivity contribution in [2.45, 2.75) is 0 Å². The van der Waals surface area contributed by atoms with Crippen molar-refractivity contribution in [1.82, 2.24) is 0 Å². The summed E-state index contributed by atoms with van der Waals surface area (Å²) in [5.74, 6) is 0. The summed E-state index contributed by atoms with van der Waals surface area (Å²) in [6.07, 6.45) is 1.50. The van der Waals surface area contributed by atoms with Gasteiger partial charge in [0.2, 0.25) is 0 Å². The number of rotatable bonds is 1. The Labute approximate surface area is 114 Å². The minimum absolute atomic E-state index is 0.0498. The molecule has 0 aliphatic carbocycles. The Morgan fingerprint density at radius 3 is 2.53 bits per heavy atom. The molecule has 0 amide bonds. The summed E-state index contributed by atoms with van der Waals surface area (Å²) in [6.45, 7) is 0. The van der Waals surface area contributed by atoms with Gasteiger partial charge in [-0.15, -0.1) is 0 Å². The number of hydrogen-bond donors (Lipinski definition) is 0. The molecule has 0 bridgehead atoms. The van der Waals surface area contributed by atoms with Crippen molar-refractivity contribution in [3.63, 3.8) is 0 Å². The first-order valence-corrected chi connectivity index (χ1v) is 6.00. The molecule has 0 unspecified atom stereocenters. The van der Waals surface area contributed by atoms with Gasteiger partial charge in [-0.1, -0.05) is 11.6 Å². The first-order valence-electron chi connectivity index (χ1n) is 3.75. The molecular weight excluding hydrogens is 390 g/mol. The second-order valence-corrected chi connectivity index (χ2v) is 4.96. The van der Waals surface area contributed by atoms with E-state index in [9.17, 15) is 0 Å². The fraction of sp³-hybridized carbons (Fsp3) is 0. The minimum Gasteiger partial charge on any atom is -0.192 e. The molecule has 0 fully saturated rings. The van der Waals surface area contributed by atoms with E-state index in [1.807, 2.05) is 0 Å². The Hall–Kier alpha value is -0.560. The number of allylic oxidation sites excluding steroid dienone is 1. The molecule has 0 atom stereocenters. The number of nitriles is 2. The average Bonchev–Trinajstić information content (AvgIpc) is 2.21. The summed E-state index contributed by atoms with van der Waals surface area (Å²) >= 11 is 11.4. The summed E-state index contributed by atoms with van der Waals surface area (Å²) in [5.41, 5.74) is 0.777. The van der Waals surface area contributed by atoms with E-state index in [-0.39, 0.29) is 5.57 Å². The molecule has 5 heteroatoms. The Kier molecular flexibility index (Phi) is 4.59. The number of hydrogen-bond acceptors (Lipinski definition) is 2. The van der Waals surface area contributed by atoms with Gasteiger partial charge in [-0.3, -0.25) is 0 Å². The molecule has 0 heterocycles. The van der Waals surface area contributed by atoms with Crippen LogP contribution in [0.1, 0.15) is 5.56 Å². The van der Waals surface area contributed by atoms with Gasteiger partial charge in [-0.25, -0.2) is 0 Å². The molecule has 0 saturated heterocycles. The number of halogens is 3. The predicted octanol–water partition coefficient (Wildman–Crippen LogP) is 4.14. The smallest absolute Gasteiger partial charge is 0.130 e. The first-order chi connectivity index (χ1) is 7.08. The fourth-order valence-corrected chi connectivity index (χ4v) is 2.33. The summed E-state index contributed by atoms with van der Waals surface area (Å²) in [6, 6.07) is 7.09. The van der Waals surface area contributed by atoms with Crippen LogP contribution in [0.3, 0.4) is 0 Å². The van der Waals surface area contributed by atoms with Gasteiger partial charge in [-0.05, 0) is 62.3 Å². The van der Waals surface area contributed by atoms with Crippen LogP contribution in [-0.2, 0) is 0 Å². The molecule has 0 spiro atoms. The maximum Gasteiger partial charge on any atom is 0.130 e. The molecule has 74 valence electrons. The molecule has 0 N–H and O–H groups in total. The van der Waals surface area contributed by atoms with E-state index in [4.69, 9.17) is 22.1 Å². The van der Waals surface area contributed by atoms with E-state index >= 15 is 0 Å². The molecule has 1 aromatic carbocycles. The number of benzene rings is 1. The lowest BCUT2D eigenvalue weighted by Crippen LogP contribution is -1.83. The highest BCUT2D eigenvalue weighted by atomic mass is 127. The molecule has 0 radical (unpaired) electrons. The van der Waals surface area contributed by atoms with Crippen molar-refractivity contribution in [2.24, 2.45) is 0 Å². The first kappa shape index (κ1) is 12.5. The predicted molar refractivity (Wildman–Crippen MR) is 71.1 cm³/mol. The third kappa shape index (κ3) is 3.20. The molecule has 0 aliphatic rings. The normalized spacial score (nSPS) is 8.87. The summed E-state index contributed by atoms with van der Waals surface area (Å²) in [7, 11) is 0. The van der Waals surface area contributed by atoms with E-state index < -0.39 is 0 Å². The molecule has 0 aromatic heterocycles. The van der Waals surface area contributed by atoms with Crippen LogP contribution in [0.5, 0.6) is 0 Å². The topological polar surface area (TPSA) is 47.6 Å². The van der Waals surface area contributed by atoms with Crippen molar-refractivity contribution in [2.75, 3.05) is 0 Å². The lowest BCUT2D eigenvalue weighted by molar-refractivity contribution is 1.46. The fourth-order valence-electron chi connectivity index (χ4n) is 0.926. The minimum atomic E-state index is 0.0498. The number of nitrogens with zero attached hydrogens (tertiary/aromatic N) is 2. The van der Waals surface area contributed by atoms with Crippen molar-refractivity contribution >= 4 is 56.2 Å². The van der Waals surface area contributed by atoms with E-state index in [0.29, 0.717) is 5.02 Å². The molecule has 15 heavy (non-hydrogen) atoms. The SMILES string of the molecule is N#CC(C#N)=Cc1cc(Cl)cc(I)c1Br. The third-order valence-corrected chi connectivity index (χ3v) is 4.26. The molecular formula is C10H3BrClIN2. The van der Waals surface area contributed by atoms with Gasteiger partial charge in [0.15, 0.2) is 0 Å². The van der Waals surface area contributed by atoms with E-state index in [0.717, 1.165) is 13.6 Å². The standard InChI is InChI=1S/C10H3BrClIN2/c11-10-7(1-6(4-14)5-15)2-8(12)3-9(10)13/h1-3H. The maximum atomic E-state index is 8.63. The molecule has 1 aromatic rings. The van der Waals surface area contributed by atoms with Gasteiger partial charge in [0, 0.05) is 13.1 Å². The summed E-state index contributed by atoms with van der Waals surface area (Å²) in [4.78, 5) is 0. The Balaban J connectivity index is 3.35. The summed E-state index contributed by atoms with van der Waals surface area (Å²) in [5, 5.41) is 17.8. The van der Waals surface area contributed by atoms with Crippen LogP contribution in [0.25, 0.3) is 6.08 Å². The van der Waals surface area contributed by atoms with Crippen molar-refractivity contribution in [1.29, 1.82) is 10.5 Å². The van der Waals surface area contributed by atoms with Gasteiger partial charge in [-0.2, -0.15) is 10.5 Å². The zero-order valence-corrected chi connectivity index (χ0v) is 11.8. The van der Waals surface area contributed by atoms with Crippen LogP contribution in [0.15, 0.2) is 22.2 Å². The van der Waals surface area contributed by atoms with Crippen LogP contribution >= 0.6 is 50.1 Å². The average molecular weight is 393 g/mol. The second-order valence-electron chi connectivity index (χ2n) is 2.57. The second kappa shape index (κ2) is 5.50. The van der Waals surface area contributed by atoms with Gasteiger partial charge in [0.1, 0.15) is 17.7 Å². The lowest BCUT2D eigenvalue weighted by atomic mass is 10.1. The van der Waals surface area contributed by atoms with Crippen molar-refractivity contribution in [3.8, 4) is 12.1 Å². The maximum absolute atomic E-state index is 8.63. The monoisotopic (exact) mass is 392 g/mol. The highest BCUT2D eigenvalue weighted by Crippen LogP contribution is 2.29.